The van der Waals surface area contributed by atoms with Crippen molar-refractivity contribution in [3.05, 3.63) is 42.5 Å². The molecule has 0 bridgehead atoms. The van der Waals surface area contributed by atoms with Crippen molar-refractivity contribution in [1.82, 2.24) is 0 Å². The fourth-order valence-electron chi connectivity index (χ4n) is 1.09. The molecule has 0 aromatic heterocycles. The molecule has 1 rings (SSSR count). The van der Waals surface area contributed by atoms with Gasteiger partial charge in [-0.3, -0.25) is 4.55 Å². The predicted molar refractivity (Wildman–Crippen MR) is 68.5 cm³/mol. The molecule has 0 aliphatic carbocycles. The van der Waals surface area contributed by atoms with Crippen molar-refractivity contribution in [2.75, 3.05) is 13.2 Å². The van der Waals surface area contributed by atoms with Gasteiger partial charge in [0.2, 0.25) is 0 Å². The minimum absolute atomic E-state index is 0.229. The van der Waals surface area contributed by atoms with E-state index in [1.54, 1.807) is 18.2 Å². The minimum atomic E-state index is -5.57. The van der Waals surface area contributed by atoms with Crippen LogP contribution >= 0.6 is 0 Å². The molecule has 0 radical (unpaired) electrons. The Labute approximate surface area is 119 Å². The van der Waals surface area contributed by atoms with Crippen molar-refractivity contribution < 1.29 is 36.0 Å². The summed E-state index contributed by atoms with van der Waals surface area (Å²) in [5, 5.41) is -4.46. The second-order valence-electron chi connectivity index (χ2n) is 3.91. The summed E-state index contributed by atoms with van der Waals surface area (Å²) >= 11 is 0. The molecule has 0 aliphatic rings. The molecular weight excluding hydrogens is 310 g/mol. The molecule has 0 amide bonds. The van der Waals surface area contributed by atoms with Gasteiger partial charge in [-0.25, -0.2) is 4.79 Å². The van der Waals surface area contributed by atoms with Crippen LogP contribution in [0.4, 0.5) is 8.78 Å². The highest BCUT2D eigenvalue weighted by Gasteiger charge is 2.44. The molecule has 21 heavy (non-hydrogen) atoms. The summed E-state index contributed by atoms with van der Waals surface area (Å²) in [5.74, 6) is -0.678. The van der Waals surface area contributed by atoms with Crippen LogP contribution in [0.5, 0.6) is 5.75 Å². The first-order valence-corrected chi connectivity index (χ1v) is 6.95. The van der Waals surface area contributed by atoms with Gasteiger partial charge in [0.05, 0.1) is 12.2 Å². The van der Waals surface area contributed by atoms with Crippen molar-refractivity contribution in [3.8, 4) is 5.75 Å². The summed E-state index contributed by atoms with van der Waals surface area (Å²) in [4.78, 5) is 11.5. The topological polar surface area (TPSA) is 89.9 Å². The van der Waals surface area contributed by atoms with Gasteiger partial charge >= 0.3 is 21.3 Å². The van der Waals surface area contributed by atoms with Crippen LogP contribution in [0.25, 0.3) is 0 Å². The lowest BCUT2D eigenvalue weighted by Crippen LogP contribution is -2.34. The van der Waals surface area contributed by atoms with E-state index in [-0.39, 0.29) is 11.3 Å². The van der Waals surface area contributed by atoms with Crippen molar-refractivity contribution in [1.29, 1.82) is 0 Å². The average Bonchev–Trinajstić information content (AvgIpc) is 2.38. The third kappa shape index (κ3) is 5.21. The Hall–Kier alpha value is -1.84. The number of halogens is 2. The number of benzene rings is 1. The van der Waals surface area contributed by atoms with E-state index in [0.29, 0.717) is 0 Å². The molecule has 9 heteroatoms. The van der Waals surface area contributed by atoms with E-state index in [2.05, 4.69) is 11.3 Å². The zero-order valence-electron chi connectivity index (χ0n) is 10.7. The Morgan fingerprint density at radius 1 is 1.29 bits per heavy atom. The van der Waals surface area contributed by atoms with Crippen molar-refractivity contribution in [3.63, 3.8) is 0 Å². The van der Waals surface area contributed by atoms with E-state index in [1.165, 1.54) is 12.1 Å². The van der Waals surface area contributed by atoms with Gasteiger partial charge in [-0.05, 0) is 12.1 Å². The van der Waals surface area contributed by atoms with Crippen LogP contribution in [-0.2, 0) is 19.6 Å². The Morgan fingerprint density at radius 2 is 1.86 bits per heavy atom. The van der Waals surface area contributed by atoms with E-state index < -0.39 is 34.6 Å². The zero-order valence-corrected chi connectivity index (χ0v) is 11.5. The van der Waals surface area contributed by atoms with Gasteiger partial charge in [0.15, 0.2) is 0 Å². The SMILES string of the molecule is C=C(COCC(F)(F)S(=O)(=O)O)C(=O)Oc1ccccc1. The summed E-state index contributed by atoms with van der Waals surface area (Å²) < 4.78 is 63.7. The maximum absolute atomic E-state index is 12.8. The molecule has 0 saturated carbocycles. The summed E-state index contributed by atoms with van der Waals surface area (Å²) in [5.41, 5.74) is -0.287. The Kier molecular flexibility index (Phi) is 5.53. The molecule has 6 nitrogen and oxygen atoms in total. The van der Waals surface area contributed by atoms with Crippen LogP contribution in [0, 0.1) is 0 Å². The fourth-order valence-corrected chi connectivity index (χ4v) is 1.33. The summed E-state index contributed by atoms with van der Waals surface area (Å²) in [6.07, 6.45) is 0. The lowest BCUT2D eigenvalue weighted by Gasteiger charge is -2.13. The van der Waals surface area contributed by atoms with Gasteiger partial charge in [-0.2, -0.15) is 17.2 Å². The van der Waals surface area contributed by atoms with Gasteiger partial charge in [0.25, 0.3) is 0 Å². The van der Waals surface area contributed by atoms with E-state index in [9.17, 15) is 22.0 Å². The first-order valence-electron chi connectivity index (χ1n) is 5.51. The number of carbonyl (C=O) groups excluding carboxylic acids is 1. The lowest BCUT2D eigenvalue weighted by molar-refractivity contribution is -0.131. The smallest absolute Gasteiger partial charge is 0.392 e. The zero-order chi connectivity index (χ0) is 16.1. The highest BCUT2D eigenvalue weighted by atomic mass is 32.2. The maximum atomic E-state index is 12.8. The molecule has 0 fully saturated rings. The van der Waals surface area contributed by atoms with Crippen LogP contribution < -0.4 is 4.74 Å². The van der Waals surface area contributed by atoms with Crippen LogP contribution in [0.15, 0.2) is 42.5 Å². The average molecular weight is 322 g/mol. The number of hydrogen-bond acceptors (Lipinski definition) is 5. The Morgan fingerprint density at radius 3 is 2.38 bits per heavy atom. The van der Waals surface area contributed by atoms with Crippen molar-refractivity contribution in [2.24, 2.45) is 0 Å². The molecule has 0 heterocycles. The van der Waals surface area contributed by atoms with Crippen molar-refractivity contribution in [2.45, 2.75) is 5.25 Å². The minimum Gasteiger partial charge on any atom is -0.423 e. The molecule has 1 N–H and O–H groups in total. The Bertz CT molecular complexity index is 612. The summed E-state index contributed by atoms with van der Waals surface area (Å²) in [7, 11) is -5.57. The first kappa shape index (κ1) is 17.2. The monoisotopic (exact) mass is 322 g/mol. The normalized spacial score (nSPS) is 12.0. The van der Waals surface area contributed by atoms with Crippen molar-refractivity contribution >= 4 is 16.1 Å². The quantitative estimate of drug-likeness (QED) is 0.355. The second-order valence-corrected chi connectivity index (χ2v) is 5.46. The number of rotatable bonds is 7. The molecule has 0 saturated heterocycles. The number of para-hydroxylation sites is 1. The highest BCUT2D eigenvalue weighted by Crippen LogP contribution is 2.20. The van der Waals surface area contributed by atoms with Gasteiger partial charge in [-0.15, -0.1) is 0 Å². The fraction of sp³-hybridized carbons (Fsp3) is 0.250. The standard InChI is InChI=1S/C12H12F2O6S/c1-9(7-19-8-12(13,14)21(16,17)18)11(15)20-10-5-3-2-4-6-10/h2-6H,1,7-8H2,(H,16,17,18). The summed E-state index contributed by atoms with van der Waals surface area (Å²) in [6, 6.07) is 7.94. The largest absolute Gasteiger partial charge is 0.423 e. The number of alkyl halides is 2. The van der Waals surface area contributed by atoms with E-state index >= 15 is 0 Å². The van der Waals surface area contributed by atoms with Gasteiger partial charge in [-0.1, -0.05) is 24.8 Å². The van der Waals surface area contributed by atoms with Gasteiger partial charge in [0, 0.05) is 0 Å². The molecule has 0 aliphatic heterocycles. The van der Waals surface area contributed by atoms with Crippen LogP contribution in [0.1, 0.15) is 0 Å². The number of esters is 1. The molecule has 0 atom stereocenters. The van der Waals surface area contributed by atoms with Gasteiger partial charge < -0.3 is 9.47 Å². The summed E-state index contributed by atoms with van der Waals surface area (Å²) in [6.45, 7) is 0.999. The first-order chi connectivity index (χ1) is 9.63. The molecule has 0 spiro atoms. The maximum Gasteiger partial charge on any atom is 0.392 e. The highest BCUT2D eigenvalue weighted by molar-refractivity contribution is 7.86. The van der Waals surface area contributed by atoms with Crippen LogP contribution in [-0.4, -0.2) is 37.4 Å². The molecule has 1 aromatic carbocycles. The van der Waals surface area contributed by atoms with Crippen LogP contribution in [0.2, 0.25) is 0 Å². The molecule has 116 valence electrons. The lowest BCUT2D eigenvalue weighted by atomic mass is 10.3. The van der Waals surface area contributed by atoms with E-state index in [1.807, 2.05) is 0 Å². The van der Waals surface area contributed by atoms with Gasteiger partial charge in [0.1, 0.15) is 12.4 Å². The van der Waals surface area contributed by atoms with Crippen LogP contribution in [0.3, 0.4) is 0 Å². The predicted octanol–water partition coefficient (Wildman–Crippen LogP) is 1.65. The molecular formula is C12H12F2O6S. The molecule has 0 unspecified atom stereocenters. The van der Waals surface area contributed by atoms with E-state index in [4.69, 9.17) is 9.29 Å². The number of hydrogen-bond donors (Lipinski definition) is 1. The molecule has 1 aromatic rings. The third-order valence-electron chi connectivity index (χ3n) is 2.17. The second kappa shape index (κ2) is 6.74. The van der Waals surface area contributed by atoms with E-state index in [0.717, 1.165) is 0 Å². The Balaban J connectivity index is 2.46. The number of carbonyl (C=O) groups is 1. The third-order valence-corrected chi connectivity index (χ3v) is 3.04. The number of ether oxygens (including phenoxy) is 2.